The zero-order valence-electron chi connectivity index (χ0n) is 21.7. The van der Waals surface area contributed by atoms with Crippen molar-refractivity contribution >= 4 is 17.7 Å². The Bertz CT molecular complexity index is 1400. The van der Waals surface area contributed by atoms with Gasteiger partial charge < -0.3 is 23.8 Å². The Morgan fingerprint density at radius 2 is 1.85 bits per heavy atom. The molecule has 0 saturated carbocycles. The van der Waals surface area contributed by atoms with E-state index in [1.165, 1.54) is 13.2 Å². The summed E-state index contributed by atoms with van der Waals surface area (Å²) in [6.07, 6.45) is -3.01. The van der Waals surface area contributed by atoms with Crippen LogP contribution in [0.5, 0.6) is 11.5 Å². The number of allylic oxidation sites excluding steroid dienone is 1. The van der Waals surface area contributed by atoms with Crippen LogP contribution in [-0.4, -0.2) is 60.8 Å². The van der Waals surface area contributed by atoms with Gasteiger partial charge in [0.2, 0.25) is 12.6 Å². The van der Waals surface area contributed by atoms with E-state index in [9.17, 15) is 27.6 Å². The van der Waals surface area contributed by atoms with Crippen molar-refractivity contribution in [2.45, 2.75) is 43.5 Å². The third kappa shape index (κ3) is 5.03. The summed E-state index contributed by atoms with van der Waals surface area (Å²) in [4.78, 5) is 39.6. The molecule has 0 N–H and O–H groups in total. The topological polar surface area (TPSA) is 91.4 Å². The van der Waals surface area contributed by atoms with Gasteiger partial charge in [0.05, 0.1) is 19.1 Å². The van der Waals surface area contributed by atoms with Crippen molar-refractivity contribution in [3.63, 3.8) is 0 Å². The Hall–Kier alpha value is -4.28. The van der Waals surface area contributed by atoms with Gasteiger partial charge in [-0.05, 0) is 42.7 Å². The molecule has 40 heavy (non-hydrogen) atoms. The van der Waals surface area contributed by atoms with E-state index in [4.69, 9.17) is 18.9 Å². The van der Waals surface area contributed by atoms with Crippen LogP contribution in [0.4, 0.5) is 13.2 Å². The van der Waals surface area contributed by atoms with Crippen LogP contribution in [0.2, 0.25) is 0 Å². The second-order valence-corrected chi connectivity index (χ2v) is 9.77. The fourth-order valence-electron chi connectivity index (χ4n) is 5.27. The molecule has 3 aliphatic rings. The maximum absolute atomic E-state index is 13.7. The summed E-state index contributed by atoms with van der Waals surface area (Å²) in [5.74, 6) is -3.24. The van der Waals surface area contributed by atoms with Gasteiger partial charge in [0, 0.05) is 24.6 Å². The predicted molar refractivity (Wildman–Crippen MR) is 134 cm³/mol. The number of alkyl halides is 3. The maximum Gasteiger partial charge on any atom is 0.471 e. The minimum absolute atomic E-state index is 0.00378. The van der Waals surface area contributed by atoms with E-state index in [0.717, 1.165) is 6.08 Å². The lowest BCUT2D eigenvalue weighted by Gasteiger charge is -2.48. The monoisotopic (exact) mass is 557 g/mol. The molecule has 0 aromatic heterocycles. The SMILES string of the molecule is COC1=C[C@@]2(OC(=O)[C@@H](C)c3ccccc3)CCN(C(=O)C(F)(F)F)[C@@H](Cc3ccc4c(c3)OCO4)C2=CC1=O. The molecule has 5 rings (SSSR count). The first-order valence-corrected chi connectivity index (χ1v) is 12.6. The number of fused-ring (bicyclic) bond motifs is 2. The average Bonchev–Trinajstić information content (AvgIpc) is 3.40. The van der Waals surface area contributed by atoms with Crippen molar-refractivity contribution in [2.24, 2.45) is 0 Å². The Morgan fingerprint density at radius 1 is 1.12 bits per heavy atom. The minimum atomic E-state index is -5.15. The number of nitrogens with zero attached hydrogens (tertiary/aromatic N) is 1. The zero-order chi connectivity index (χ0) is 28.7. The molecule has 0 spiro atoms. The summed E-state index contributed by atoms with van der Waals surface area (Å²) >= 11 is 0. The number of carbonyl (C=O) groups excluding carboxylic acids is 3. The molecule has 3 atom stereocenters. The summed E-state index contributed by atoms with van der Waals surface area (Å²) in [7, 11) is 1.27. The molecule has 210 valence electrons. The van der Waals surface area contributed by atoms with Crippen LogP contribution in [0, 0.1) is 0 Å². The van der Waals surface area contributed by atoms with E-state index >= 15 is 0 Å². The number of benzene rings is 2. The van der Waals surface area contributed by atoms with E-state index in [1.54, 1.807) is 55.5 Å². The Labute approximate surface area is 227 Å². The predicted octanol–water partition coefficient (Wildman–Crippen LogP) is 4.25. The van der Waals surface area contributed by atoms with Crippen LogP contribution < -0.4 is 9.47 Å². The number of halogens is 3. The van der Waals surface area contributed by atoms with Crippen molar-refractivity contribution in [1.29, 1.82) is 0 Å². The lowest BCUT2D eigenvalue weighted by molar-refractivity contribution is -0.190. The number of likely N-dealkylation sites (tertiary alicyclic amines) is 1. The number of carbonyl (C=O) groups is 3. The van der Waals surface area contributed by atoms with E-state index < -0.39 is 41.4 Å². The molecule has 2 heterocycles. The van der Waals surface area contributed by atoms with Gasteiger partial charge in [-0.3, -0.25) is 14.4 Å². The van der Waals surface area contributed by atoms with Gasteiger partial charge in [0.25, 0.3) is 0 Å². The first-order chi connectivity index (χ1) is 19.0. The molecular weight excluding hydrogens is 531 g/mol. The number of ketones is 1. The first kappa shape index (κ1) is 27.3. The van der Waals surface area contributed by atoms with Crippen molar-refractivity contribution in [2.75, 3.05) is 20.4 Å². The molecule has 1 fully saturated rings. The lowest BCUT2D eigenvalue weighted by atomic mass is 9.75. The molecule has 2 aliphatic heterocycles. The summed E-state index contributed by atoms with van der Waals surface area (Å²) in [5, 5.41) is 0. The fourth-order valence-corrected chi connectivity index (χ4v) is 5.27. The van der Waals surface area contributed by atoms with Crippen LogP contribution in [0.25, 0.3) is 0 Å². The number of rotatable bonds is 6. The second-order valence-electron chi connectivity index (χ2n) is 9.77. The number of amides is 1. The molecule has 8 nitrogen and oxygen atoms in total. The molecule has 0 radical (unpaired) electrons. The van der Waals surface area contributed by atoms with Gasteiger partial charge in [-0.25, -0.2) is 0 Å². The smallest absolute Gasteiger partial charge is 0.471 e. The highest BCUT2D eigenvalue weighted by Crippen LogP contribution is 2.44. The molecule has 0 bridgehead atoms. The fraction of sp³-hybridized carbons (Fsp3) is 0.345. The van der Waals surface area contributed by atoms with E-state index in [2.05, 4.69) is 0 Å². The van der Waals surface area contributed by atoms with Gasteiger partial charge in [0.15, 0.2) is 22.9 Å². The second kappa shape index (κ2) is 10.4. The van der Waals surface area contributed by atoms with Gasteiger partial charge in [-0.15, -0.1) is 0 Å². The van der Waals surface area contributed by atoms with Crippen molar-refractivity contribution in [3.8, 4) is 11.5 Å². The summed E-state index contributed by atoms with van der Waals surface area (Å²) < 4.78 is 63.1. The molecular formula is C29H26F3NO7. The van der Waals surface area contributed by atoms with Crippen molar-refractivity contribution < 1.29 is 46.5 Å². The van der Waals surface area contributed by atoms with E-state index in [1.807, 2.05) is 0 Å². The zero-order valence-corrected chi connectivity index (χ0v) is 21.7. The molecule has 2 aromatic rings. The highest BCUT2D eigenvalue weighted by atomic mass is 19.4. The standard InChI is InChI=1S/C29H26F3NO7/c1-17(19-6-4-3-5-7-19)26(35)40-28-10-11-33(27(36)29(30,31)32)21(20(28)14-22(34)25(15-28)37-2)12-18-8-9-23-24(13-18)39-16-38-23/h3-9,13-15,17,21H,10-12,16H2,1-2H3/t17-,21-,28-/m0/s1. The summed E-state index contributed by atoms with van der Waals surface area (Å²) in [6.45, 7) is 1.27. The van der Waals surface area contributed by atoms with E-state index in [0.29, 0.717) is 27.5 Å². The molecule has 11 heteroatoms. The summed E-state index contributed by atoms with van der Waals surface area (Å²) in [6, 6.07) is 12.5. The minimum Gasteiger partial charge on any atom is -0.493 e. The van der Waals surface area contributed by atoms with Crippen LogP contribution in [0.1, 0.15) is 30.4 Å². The number of hydrogen-bond donors (Lipinski definition) is 0. The third-order valence-electron chi connectivity index (χ3n) is 7.37. The number of piperidine rings is 1. The normalized spacial score (nSPS) is 22.6. The quantitative estimate of drug-likeness (QED) is 0.491. The average molecular weight is 558 g/mol. The molecule has 1 amide bonds. The van der Waals surface area contributed by atoms with Crippen molar-refractivity contribution in [1.82, 2.24) is 4.90 Å². The number of hydrogen-bond acceptors (Lipinski definition) is 7. The third-order valence-corrected chi connectivity index (χ3v) is 7.37. The molecule has 0 unspecified atom stereocenters. The Morgan fingerprint density at radius 3 is 2.55 bits per heavy atom. The number of esters is 1. The largest absolute Gasteiger partial charge is 0.493 e. The van der Waals surface area contributed by atoms with Crippen LogP contribution >= 0.6 is 0 Å². The highest BCUT2D eigenvalue weighted by Gasteiger charge is 2.54. The van der Waals surface area contributed by atoms with Crippen LogP contribution in [0.15, 0.2) is 72.0 Å². The van der Waals surface area contributed by atoms with Crippen LogP contribution in [0.3, 0.4) is 0 Å². The van der Waals surface area contributed by atoms with Gasteiger partial charge >= 0.3 is 18.1 Å². The maximum atomic E-state index is 13.7. The van der Waals surface area contributed by atoms with E-state index in [-0.39, 0.29) is 37.5 Å². The van der Waals surface area contributed by atoms with Crippen molar-refractivity contribution in [3.05, 3.63) is 83.1 Å². The first-order valence-electron chi connectivity index (χ1n) is 12.6. The number of ether oxygens (including phenoxy) is 4. The van der Waals surface area contributed by atoms with Crippen LogP contribution in [-0.2, 0) is 30.3 Å². The van der Waals surface area contributed by atoms with Gasteiger partial charge in [0.1, 0.15) is 0 Å². The Balaban J connectivity index is 1.56. The van der Waals surface area contributed by atoms with Gasteiger partial charge in [-0.2, -0.15) is 13.2 Å². The summed E-state index contributed by atoms with van der Waals surface area (Å²) in [5.41, 5.74) is -0.334. The van der Waals surface area contributed by atoms with Gasteiger partial charge in [-0.1, -0.05) is 36.4 Å². The molecule has 2 aromatic carbocycles. The highest BCUT2D eigenvalue weighted by molar-refractivity contribution is 6.05. The lowest BCUT2D eigenvalue weighted by Crippen LogP contribution is -2.59. The molecule has 1 saturated heterocycles. The number of methoxy groups -OCH3 is 1. The Kier molecular flexibility index (Phi) is 7.07. The molecule has 1 aliphatic carbocycles.